The van der Waals surface area contributed by atoms with Gasteiger partial charge in [0.2, 0.25) is 5.91 Å². The standard InChI is InChI=1S/C12H20N2O4S/c15-11(5-9-7-18-3-1-13-9)14-2-4-19-8-10(14)6-12(16)17/h9-10,13H,1-8H2,(H,16,17). The van der Waals surface area contributed by atoms with Crippen LogP contribution in [0.3, 0.4) is 0 Å². The number of ether oxygens (including phenoxy) is 1. The maximum atomic E-state index is 12.3. The molecule has 2 unspecified atom stereocenters. The molecule has 2 N–H and O–H groups in total. The van der Waals surface area contributed by atoms with Gasteiger partial charge in [0.1, 0.15) is 0 Å². The first-order valence-electron chi connectivity index (χ1n) is 6.57. The lowest BCUT2D eigenvalue weighted by Gasteiger charge is -2.36. The molecule has 2 rings (SSSR count). The summed E-state index contributed by atoms with van der Waals surface area (Å²) in [5, 5.41) is 12.2. The summed E-state index contributed by atoms with van der Waals surface area (Å²) in [6.07, 6.45) is 0.425. The van der Waals surface area contributed by atoms with Crippen molar-refractivity contribution in [3.05, 3.63) is 0 Å². The molecule has 108 valence electrons. The summed E-state index contributed by atoms with van der Waals surface area (Å²) in [5.41, 5.74) is 0. The van der Waals surface area contributed by atoms with Crippen molar-refractivity contribution in [1.29, 1.82) is 0 Å². The highest BCUT2D eigenvalue weighted by Gasteiger charge is 2.30. The van der Waals surface area contributed by atoms with Crippen LogP contribution in [0, 0.1) is 0 Å². The molecule has 0 aliphatic carbocycles. The van der Waals surface area contributed by atoms with Gasteiger partial charge in [-0.2, -0.15) is 11.8 Å². The molecular formula is C12H20N2O4S. The van der Waals surface area contributed by atoms with Crippen molar-refractivity contribution in [3.8, 4) is 0 Å². The minimum Gasteiger partial charge on any atom is -0.481 e. The number of thioether (sulfide) groups is 1. The van der Waals surface area contributed by atoms with E-state index in [-0.39, 0.29) is 24.4 Å². The average molecular weight is 288 g/mol. The fourth-order valence-corrected chi connectivity index (χ4v) is 3.50. The Hall–Kier alpha value is -0.790. The molecule has 0 aromatic carbocycles. The van der Waals surface area contributed by atoms with E-state index in [2.05, 4.69) is 5.32 Å². The molecular weight excluding hydrogens is 268 g/mol. The normalized spacial score (nSPS) is 28.1. The molecule has 1 amide bonds. The molecule has 0 aromatic heterocycles. The summed E-state index contributed by atoms with van der Waals surface area (Å²) < 4.78 is 5.33. The van der Waals surface area contributed by atoms with Crippen molar-refractivity contribution < 1.29 is 19.4 Å². The van der Waals surface area contributed by atoms with E-state index >= 15 is 0 Å². The van der Waals surface area contributed by atoms with Crippen molar-refractivity contribution in [2.45, 2.75) is 24.9 Å². The Morgan fingerprint density at radius 2 is 2.26 bits per heavy atom. The van der Waals surface area contributed by atoms with E-state index < -0.39 is 5.97 Å². The van der Waals surface area contributed by atoms with Crippen molar-refractivity contribution in [1.82, 2.24) is 10.2 Å². The Morgan fingerprint density at radius 1 is 1.42 bits per heavy atom. The molecule has 6 nitrogen and oxygen atoms in total. The number of carboxylic acids is 1. The summed E-state index contributed by atoms with van der Waals surface area (Å²) >= 11 is 1.71. The van der Waals surface area contributed by atoms with Gasteiger partial charge in [-0.05, 0) is 0 Å². The van der Waals surface area contributed by atoms with Gasteiger partial charge in [0.15, 0.2) is 0 Å². The largest absolute Gasteiger partial charge is 0.481 e. The lowest BCUT2D eigenvalue weighted by atomic mass is 10.1. The van der Waals surface area contributed by atoms with E-state index in [1.54, 1.807) is 16.7 Å². The number of nitrogens with zero attached hydrogens (tertiary/aromatic N) is 1. The van der Waals surface area contributed by atoms with E-state index in [0.717, 1.165) is 12.3 Å². The van der Waals surface area contributed by atoms with Crippen molar-refractivity contribution in [3.63, 3.8) is 0 Å². The SMILES string of the molecule is O=C(O)CC1CSCCN1C(=O)CC1COCCN1. The van der Waals surface area contributed by atoms with Gasteiger partial charge in [0, 0.05) is 37.1 Å². The number of carboxylic acid groups (broad SMARTS) is 1. The zero-order valence-corrected chi connectivity index (χ0v) is 11.7. The Bertz CT molecular complexity index is 334. The van der Waals surface area contributed by atoms with Gasteiger partial charge < -0.3 is 20.1 Å². The second-order valence-electron chi connectivity index (χ2n) is 4.84. The third kappa shape index (κ3) is 4.36. The van der Waals surface area contributed by atoms with E-state index in [1.165, 1.54) is 0 Å². The topological polar surface area (TPSA) is 78.9 Å². The summed E-state index contributed by atoms with van der Waals surface area (Å²) in [7, 11) is 0. The van der Waals surface area contributed by atoms with E-state index in [9.17, 15) is 9.59 Å². The highest BCUT2D eigenvalue weighted by molar-refractivity contribution is 7.99. The molecule has 2 aliphatic rings. The van der Waals surface area contributed by atoms with Crippen LogP contribution in [0.2, 0.25) is 0 Å². The van der Waals surface area contributed by atoms with Crippen LogP contribution in [-0.4, -0.2) is 71.8 Å². The van der Waals surface area contributed by atoms with Crippen LogP contribution in [0.5, 0.6) is 0 Å². The number of aliphatic carboxylic acids is 1. The monoisotopic (exact) mass is 288 g/mol. The number of hydrogen-bond donors (Lipinski definition) is 2. The van der Waals surface area contributed by atoms with Crippen LogP contribution in [0.25, 0.3) is 0 Å². The van der Waals surface area contributed by atoms with Gasteiger partial charge in [0.25, 0.3) is 0 Å². The molecule has 0 aromatic rings. The Kier molecular flexibility index (Phi) is 5.47. The number of morpholine rings is 1. The summed E-state index contributed by atoms with van der Waals surface area (Å²) in [4.78, 5) is 24.9. The molecule has 0 saturated carbocycles. The number of hydrogen-bond acceptors (Lipinski definition) is 5. The second-order valence-corrected chi connectivity index (χ2v) is 5.99. The van der Waals surface area contributed by atoms with E-state index in [0.29, 0.717) is 31.9 Å². The first kappa shape index (κ1) is 14.6. The van der Waals surface area contributed by atoms with Crippen LogP contribution >= 0.6 is 11.8 Å². The summed E-state index contributed by atoms with van der Waals surface area (Å²) in [6, 6.07) is -0.116. The van der Waals surface area contributed by atoms with E-state index in [1.807, 2.05) is 0 Å². The highest BCUT2D eigenvalue weighted by atomic mass is 32.2. The Labute approximate surface area is 116 Å². The average Bonchev–Trinajstić information content (AvgIpc) is 2.39. The molecule has 0 spiro atoms. The van der Waals surface area contributed by atoms with E-state index in [4.69, 9.17) is 9.84 Å². The van der Waals surface area contributed by atoms with Crippen LogP contribution in [0.1, 0.15) is 12.8 Å². The maximum Gasteiger partial charge on any atom is 0.305 e. The second kappa shape index (κ2) is 7.12. The first-order valence-corrected chi connectivity index (χ1v) is 7.72. The molecule has 2 heterocycles. The fraction of sp³-hybridized carbons (Fsp3) is 0.833. The van der Waals surface area contributed by atoms with Crippen LogP contribution in [-0.2, 0) is 14.3 Å². The predicted octanol–water partition coefficient (Wildman–Crippen LogP) is -0.216. The van der Waals surface area contributed by atoms with Crippen LogP contribution in [0.4, 0.5) is 0 Å². The fourth-order valence-electron chi connectivity index (χ4n) is 2.43. The number of carbonyl (C=O) groups excluding carboxylic acids is 1. The quantitative estimate of drug-likeness (QED) is 0.745. The third-order valence-electron chi connectivity index (χ3n) is 3.38. The van der Waals surface area contributed by atoms with Gasteiger partial charge in [-0.3, -0.25) is 9.59 Å². The van der Waals surface area contributed by atoms with Crippen molar-refractivity contribution in [2.75, 3.05) is 37.8 Å². The molecule has 0 bridgehead atoms. The van der Waals surface area contributed by atoms with Crippen LogP contribution in [0.15, 0.2) is 0 Å². The minimum atomic E-state index is -0.843. The molecule has 2 saturated heterocycles. The Morgan fingerprint density at radius 3 is 2.95 bits per heavy atom. The number of carbonyl (C=O) groups is 2. The number of rotatable bonds is 4. The molecule has 0 radical (unpaired) electrons. The molecule has 2 aliphatic heterocycles. The zero-order valence-electron chi connectivity index (χ0n) is 10.8. The lowest BCUT2D eigenvalue weighted by molar-refractivity contribution is -0.140. The third-order valence-corrected chi connectivity index (χ3v) is 4.47. The highest BCUT2D eigenvalue weighted by Crippen LogP contribution is 2.20. The van der Waals surface area contributed by atoms with Gasteiger partial charge in [-0.15, -0.1) is 0 Å². The molecule has 7 heteroatoms. The molecule has 19 heavy (non-hydrogen) atoms. The van der Waals surface area contributed by atoms with Gasteiger partial charge in [-0.25, -0.2) is 0 Å². The first-order chi connectivity index (χ1) is 9.16. The predicted molar refractivity (Wildman–Crippen MR) is 72.3 cm³/mol. The summed E-state index contributed by atoms with van der Waals surface area (Å²) in [5.74, 6) is 0.794. The van der Waals surface area contributed by atoms with Crippen LogP contribution < -0.4 is 5.32 Å². The summed E-state index contributed by atoms with van der Waals surface area (Å²) in [6.45, 7) is 2.66. The molecule has 2 atom stereocenters. The number of nitrogens with one attached hydrogen (secondary N) is 1. The van der Waals surface area contributed by atoms with Gasteiger partial charge in [0.05, 0.1) is 25.7 Å². The lowest BCUT2D eigenvalue weighted by Crippen LogP contribution is -2.50. The minimum absolute atomic E-state index is 0.0351. The number of amides is 1. The van der Waals surface area contributed by atoms with Gasteiger partial charge >= 0.3 is 5.97 Å². The Balaban J connectivity index is 1.88. The van der Waals surface area contributed by atoms with Gasteiger partial charge in [-0.1, -0.05) is 0 Å². The smallest absolute Gasteiger partial charge is 0.305 e. The van der Waals surface area contributed by atoms with Crippen molar-refractivity contribution in [2.24, 2.45) is 0 Å². The zero-order chi connectivity index (χ0) is 13.7. The maximum absolute atomic E-state index is 12.3. The molecule has 2 fully saturated rings. The van der Waals surface area contributed by atoms with Crippen molar-refractivity contribution >= 4 is 23.6 Å².